The van der Waals surface area contributed by atoms with Gasteiger partial charge in [0.2, 0.25) is 0 Å². The van der Waals surface area contributed by atoms with Gasteiger partial charge in [-0.2, -0.15) is 0 Å². The third-order valence-corrected chi connectivity index (χ3v) is 4.38. The van der Waals surface area contributed by atoms with Crippen LogP contribution in [0.1, 0.15) is 22.7 Å². The van der Waals surface area contributed by atoms with Gasteiger partial charge in [0.1, 0.15) is 5.82 Å². The highest BCUT2D eigenvalue weighted by molar-refractivity contribution is 9.10. The first kappa shape index (κ1) is 15.4. The SMILES string of the molecule is Cc1ccc(CC(NN)c2cccc(F)c2Br)c(Cl)c1. The molecule has 106 valence electrons. The summed E-state index contributed by atoms with van der Waals surface area (Å²) in [6, 6.07) is 10.5. The van der Waals surface area contributed by atoms with Crippen molar-refractivity contribution in [3.8, 4) is 0 Å². The maximum absolute atomic E-state index is 13.6. The maximum atomic E-state index is 13.6. The van der Waals surface area contributed by atoms with Crippen LogP contribution in [0.25, 0.3) is 0 Å². The first-order valence-corrected chi connectivity index (χ1v) is 7.35. The van der Waals surface area contributed by atoms with E-state index in [-0.39, 0.29) is 11.9 Å². The fourth-order valence-corrected chi connectivity index (χ4v) is 2.94. The molecule has 20 heavy (non-hydrogen) atoms. The molecule has 0 aliphatic carbocycles. The van der Waals surface area contributed by atoms with E-state index in [1.54, 1.807) is 6.07 Å². The number of aryl methyl sites for hydroxylation is 1. The number of rotatable bonds is 4. The number of nitrogens with two attached hydrogens (primary N) is 1. The van der Waals surface area contributed by atoms with Gasteiger partial charge in [-0.3, -0.25) is 11.3 Å². The third kappa shape index (κ3) is 3.38. The summed E-state index contributed by atoms with van der Waals surface area (Å²) in [4.78, 5) is 0. The minimum Gasteiger partial charge on any atom is -0.271 e. The highest BCUT2D eigenvalue weighted by atomic mass is 79.9. The van der Waals surface area contributed by atoms with Crippen LogP contribution in [0.2, 0.25) is 5.02 Å². The van der Waals surface area contributed by atoms with E-state index in [0.29, 0.717) is 15.9 Å². The van der Waals surface area contributed by atoms with E-state index in [9.17, 15) is 4.39 Å². The zero-order chi connectivity index (χ0) is 14.7. The molecular formula is C15H15BrClFN2. The summed E-state index contributed by atoms with van der Waals surface area (Å²) < 4.78 is 14.0. The van der Waals surface area contributed by atoms with Gasteiger partial charge in [-0.1, -0.05) is 35.9 Å². The second-order valence-electron chi connectivity index (χ2n) is 4.66. The highest BCUT2D eigenvalue weighted by Gasteiger charge is 2.17. The lowest BCUT2D eigenvalue weighted by Gasteiger charge is -2.19. The molecule has 0 aliphatic heterocycles. The molecule has 2 aromatic rings. The number of nitrogens with one attached hydrogen (secondary N) is 1. The summed E-state index contributed by atoms with van der Waals surface area (Å²) in [5.74, 6) is 5.31. The van der Waals surface area contributed by atoms with Crippen molar-refractivity contribution in [2.45, 2.75) is 19.4 Å². The van der Waals surface area contributed by atoms with Gasteiger partial charge in [-0.25, -0.2) is 4.39 Å². The van der Waals surface area contributed by atoms with E-state index in [4.69, 9.17) is 17.4 Å². The summed E-state index contributed by atoms with van der Waals surface area (Å²) in [5.41, 5.74) is 5.56. The molecule has 2 aromatic carbocycles. The Morgan fingerprint density at radius 2 is 2.10 bits per heavy atom. The predicted molar refractivity (Wildman–Crippen MR) is 84.1 cm³/mol. The summed E-state index contributed by atoms with van der Waals surface area (Å²) in [5, 5.41) is 0.692. The Kier molecular flexibility index (Phi) is 5.16. The van der Waals surface area contributed by atoms with E-state index in [2.05, 4.69) is 21.4 Å². The molecular weight excluding hydrogens is 343 g/mol. The van der Waals surface area contributed by atoms with Crippen LogP contribution in [0.4, 0.5) is 4.39 Å². The Hall–Kier alpha value is -0.940. The molecule has 3 N–H and O–H groups in total. The molecule has 0 spiro atoms. The number of hydrogen-bond acceptors (Lipinski definition) is 2. The lowest BCUT2D eigenvalue weighted by atomic mass is 9.98. The van der Waals surface area contributed by atoms with Crippen LogP contribution in [0.5, 0.6) is 0 Å². The van der Waals surface area contributed by atoms with Crippen molar-refractivity contribution in [2.75, 3.05) is 0 Å². The minimum atomic E-state index is -0.308. The Morgan fingerprint density at radius 3 is 2.75 bits per heavy atom. The van der Waals surface area contributed by atoms with Gasteiger partial charge < -0.3 is 0 Å². The first-order valence-electron chi connectivity index (χ1n) is 6.18. The molecule has 2 rings (SSSR count). The maximum Gasteiger partial charge on any atom is 0.137 e. The second-order valence-corrected chi connectivity index (χ2v) is 5.86. The third-order valence-electron chi connectivity index (χ3n) is 3.19. The van der Waals surface area contributed by atoms with Gasteiger partial charge in [0.25, 0.3) is 0 Å². The van der Waals surface area contributed by atoms with Crippen LogP contribution < -0.4 is 11.3 Å². The van der Waals surface area contributed by atoms with Crippen LogP contribution in [-0.4, -0.2) is 0 Å². The van der Waals surface area contributed by atoms with Crippen molar-refractivity contribution in [3.63, 3.8) is 0 Å². The van der Waals surface area contributed by atoms with E-state index < -0.39 is 0 Å². The van der Waals surface area contributed by atoms with E-state index in [1.165, 1.54) is 6.07 Å². The molecule has 2 nitrogen and oxygen atoms in total. The van der Waals surface area contributed by atoms with Crippen LogP contribution >= 0.6 is 27.5 Å². The van der Waals surface area contributed by atoms with Crippen LogP contribution in [0, 0.1) is 12.7 Å². The van der Waals surface area contributed by atoms with E-state index in [0.717, 1.165) is 16.7 Å². The van der Waals surface area contributed by atoms with Crippen molar-refractivity contribution in [3.05, 3.63) is 68.4 Å². The van der Waals surface area contributed by atoms with E-state index >= 15 is 0 Å². The highest BCUT2D eigenvalue weighted by Crippen LogP contribution is 2.30. The van der Waals surface area contributed by atoms with Crippen molar-refractivity contribution >= 4 is 27.5 Å². The average molecular weight is 358 g/mol. The first-order chi connectivity index (χ1) is 9.52. The van der Waals surface area contributed by atoms with Gasteiger partial charge >= 0.3 is 0 Å². The normalized spacial score (nSPS) is 12.4. The number of benzene rings is 2. The molecule has 0 saturated carbocycles. The summed E-state index contributed by atoms with van der Waals surface area (Å²) in [6.45, 7) is 1.98. The standard InChI is InChI=1S/C15H15BrClFN2/c1-9-5-6-10(12(17)7-9)8-14(20-19)11-3-2-4-13(18)15(11)16/h2-7,14,20H,8,19H2,1H3. The predicted octanol–water partition coefficient (Wildman–Crippen LogP) is 4.30. The number of halogens is 3. The Balaban J connectivity index is 2.31. The van der Waals surface area contributed by atoms with Gasteiger partial charge in [0, 0.05) is 5.02 Å². The topological polar surface area (TPSA) is 38.0 Å². The molecule has 0 radical (unpaired) electrons. The molecule has 1 unspecified atom stereocenters. The molecule has 5 heteroatoms. The van der Waals surface area contributed by atoms with Crippen LogP contribution in [0.15, 0.2) is 40.9 Å². The van der Waals surface area contributed by atoms with Gasteiger partial charge in [-0.05, 0) is 58.1 Å². The second kappa shape index (κ2) is 6.68. The molecule has 0 saturated heterocycles. The molecule has 0 amide bonds. The van der Waals surface area contributed by atoms with Crippen LogP contribution in [-0.2, 0) is 6.42 Å². The van der Waals surface area contributed by atoms with Crippen LogP contribution in [0.3, 0.4) is 0 Å². The summed E-state index contributed by atoms with van der Waals surface area (Å²) in [6.07, 6.45) is 0.581. The molecule has 0 bridgehead atoms. The zero-order valence-corrected chi connectivity index (χ0v) is 13.3. The molecule has 1 atom stereocenters. The minimum absolute atomic E-state index is 0.222. The van der Waals surface area contributed by atoms with Crippen molar-refractivity contribution in [1.29, 1.82) is 0 Å². The van der Waals surface area contributed by atoms with Gasteiger partial charge in [0.15, 0.2) is 0 Å². The Bertz CT molecular complexity index is 619. The Labute approximate surface area is 131 Å². The summed E-state index contributed by atoms with van der Waals surface area (Å²) >= 11 is 9.50. The van der Waals surface area contributed by atoms with Crippen molar-refractivity contribution in [2.24, 2.45) is 5.84 Å². The average Bonchev–Trinajstić information content (AvgIpc) is 2.42. The smallest absolute Gasteiger partial charge is 0.137 e. The van der Waals surface area contributed by atoms with E-state index in [1.807, 2.05) is 31.2 Å². The molecule has 0 aliphatic rings. The fourth-order valence-electron chi connectivity index (χ4n) is 2.09. The summed E-state index contributed by atoms with van der Waals surface area (Å²) in [7, 11) is 0. The largest absolute Gasteiger partial charge is 0.271 e. The quantitative estimate of drug-likeness (QED) is 0.632. The van der Waals surface area contributed by atoms with Gasteiger partial charge in [0.05, 0.1) is 10.5 Å². The number of hydrogen-bond donors (Lipinski definition) is 2. The van der Waals surface area contributed by atoms with Gasteiger partial charge in [-0.15, -0.1) is 0 Å². The molecule has 0 heterocycles. The fraction of sp³-hybridized carbons (Fsp3) is 0.200. The van der Waals surface area contributed by atoms with Crippen molar-refractivity contribution in [1.82, 2.24) is 5.43 Å². The molecule has 0 fully saturated rings. The zero-order valence-electron chi connectivity index (χ0n) is 11.0. The Morgan fingerprint density at radius 1 is 1.35 bits per heavy atom. The lowest BCUT2D eigenvalue weighted by Crippen LogP contribution is -2.30. The molecule has 0 aromatic heterocycles. The number of hydrazine groups is 1. The lowest BCUT2D eigenvalue weighted by molar-refractivity contribution is 0.540. The monoisotopic (exact) mass is 356 g/mol. The van der Waals surface area contributed by atoms with Crippen molar-refractivity contribution < 1.29 is 4.39 Å².